The van der Waals surface area contributed by atoms with E-state index in [1.807, 2.05) is 24.3 Å². The third kappa shape index (κ3) is 1.33. The number of para-hydroxylation sites is 1. The summed E-state index contributed by atoms with van der Waals surface area (Å²) in [4.78, 5) is 14.9. The lowest BCUT2D eigenvalue weighted by atomic mass is 10.1. The molecule has 0 amide bonds. The lowest BCUT2D eigenvalue weighted by Gasteiger charge is -2.02. The highest BCUT2D eigenvalue weighted by atomic mass is 16.4. The first kappa shape index (κ1) is 8.69. The van der Waals surface area contributed by atoms with E-state index in [4.69, 9.17) is 5.11 Å². The van der Waals surface area contributed by atoms with Gasteiger partial charge in [-0.2, -0.15) is 0 Å². The molecular weight excluding hydrogens is 178 g/mol. The Hall–Kier alpha value is -1.90. The van der Waals surface area contributed by atoms with Crippen LogP contribution in [0.5, 0.6) is 0 Å². The van der Waals surface area contributed by atoms with E-state index in [1.165, 1.54) is 0 Å². The predicted octanol–water partition coefficient (Wildman–Crippen LogP) is 2.24. The Morgan fingerprint density at radius 3 is 2.79 bits per heavy atom. The molecule has 14 heavy (non-hydrogen) atoms. The highest BCUT2D eigenvalue weighted by Gasteiger charge is 2.09. The second-order valence-electron chi connectivity index (χ2n) is 3.15. The van der Waals surface area contributed by atoms with Gasteiger partial charge in [-0.1, -0.05) is 18.2 Å². The van der Waals surface area contributed by atoms with Crippen LogP contribution in [0, 0.1) is 6.92 Å². The number of aromatic nitrogens is 1. The minimum absolute atomic E-state index is 0.128. The summed E-state index contributed by atoms with van der Waals surface area (Å²) in [6.07, 6.45) is 0. The third-order valence-corrected chi connectivity index (χ3v) is 2.12. The molecule has 0 aliphatic heterocycles. The number of carbonyl (C=O) groups is 1. The zero-order chi connectivity index (χ0) is 10.1. The molecule has 1 heterocycles. The smallest absolute Gasteiger partial charge is 0.354 e. The molecule has 1 aromatic carbocycles. The summed E-state index contributed by atoms with van der Waals surface area (Å²) in [5, 5.41) is 9.83. The van der Waals surface area contributed by atoms with Crippen molar-refractivity contribution in [2.24, 2.45) is 0 Å². The quantitative estimate of drug-likeness (QED) is 0.744. The van der Waals surface area contributed by atoms with E-state index in [0.717, 1.165) is 10.9 Å². The topological polar surface area (TPSA) is 50.2 Å². The molecule has 0 bridgehead atoms. The number of rotatable bonds is 1. The molecule has 2 aromatic rings. The Morgan fingerprint density at radius 2 is 2.07 bits per heavy atom. The molecule has 1 aromatic heterocycles. The van der Waals surface area contributed by atoms with E-state index in [-0.39, 0.29) is 5.69 Å². The van der Waals surface area contributed by atoms with Crippen LogP contribution in [-0.4, -0.2) is 16.1 Å². The maximum absolute atomic E-state index is 10.8. The Labute approximate surface area is 81.0 Å². The molecule has 2 rings (SSSR count). The number of aromatic carboxylic acids is 1. The summed E-state index contributed by atoms with van der Waals surface area (Å²) >= 11 is 0. The van der Waals surface area contributed by atoms with E-state index >= 15 is 0 Å². The molecule has 0 saturated heterocycles. The lowest BCUT2D eigenvalue weighted by Crippen LogP contribution is -2.03. The molecule has 3 heteroatoms. The number of hydrogen-bond acceptors (Lipinski definition) is 2. The Morgan fingerprint density at radius 1 is 1.36 bits per heavy atom. The van der Waals surface area contributed by atoms with Gasteiger partial charge in [-0.3, -0.25) is 0 Å². The number of carboxylic acids is 1. The Kier molecular flexibility index (Phi) is 1.93. The number of aryl methyl sites for hydroxylation is 1. The summed E-state index contributed by atoms with van der Waals surface area (Å²) in [5.74, 6) is -0.978. The van der Waals surface area contributed by atoms with Crippen molar-refractivity contribution >= 4 is 16.9 Å². The van der Waals surface area contributed by atoms with Crippen molar-refractivity contribution in [1.82, 2.24) is 4.98 Å². The van der Waals surface area contributed by atoms with Crippen LogP contribution >= 0.6 is 0 Å². The van der Waals surface area contributed by atoms with Gasteiger partial charge < -0.3 is 5.11 Å². The van der Waals surface area contributed by atoms with Crippen LogP contribution in [0.25, 0.3) is 10.9 Å². The zero-order valence-corrected chi connectivity index (χ0v) is 7.69. The molecule has 0 aliphatic rings. The molecule has 0 aliphatic carbocycles. The molecule has 0 unspecified atom stereocenters. The largest absolute Gasteiger partial charge is 0.477 e. The number of fused-ring (bicyclic) bond motifs is 1. The Balaban J connectivity index is 2.77. The number of nitrogens with zero attached hydrogens (tertiary/aromatic N) is 1. The maximum atomic E-state index is 10.8. The first-order valence-electron chi connectivity index (χ1n) is 4.28. The van der Waals surface area contributed by atoms with Gasteiger partial charge in [0.25, 0.3) is 0 Å². The van der Waals surface area contributed by atoms with Gasteiger partial charge in [-0.05, 0) is 24.6 Å². The van der Waals surface area contributed by atoms with Crippen LogP contribution in [-0.2, 0) is 0 Å². The van der Waals surface area contributed by atoms with Crippen LogP contribution < -0.4 is 0 Å². The van der Waals surface area contributed by atoms with Gasteiger partial charge in [0.1, 0.15) is 0 Å². The van der Waals surface area contributed by atoms with E-state index < -0.39 is 5.97 Å². The van der Waals surface area contributed by atoms with Gasteiger partial charge in [0.2, 0.25) is 0 Å². The van der Waals surface area contributed by atoms with Crippen molar-refractivity contribution in [3.8, 4) is 0 Å². The monoisotopic (exact) mass is 187 g/mol. The van der Waals surface area contributed by atoms with E-state index in [1.54, 1.807) is 13.0 Å². The molecule has 1 N–H and O–H groups in total. The fourth-order valence-corrected chi connectivity index (χ4v) is 1.44. The third-order valence-electron chi connectivity index (χ3n) is 2.12. The number of benzene rings is 1. The fourth-order valence-electron chi connectivity index (χ4n) is 1.44. The molecular formula is C11H9NO2. The first-order valence-corrected chi connectivity index (χ1v) is 4.28. The molecule has 0 radical (unpaired) electrons. The second kappa shape index (κ2) is 3.10. The number of carboxylic acid groups (broad SMARTS) is 1. The van der Waals surface area contributed by atoms with Gasteiger partial charge in [-0.25, -0.2) is 9.78 Å². The van der Waals surface area contributed by atoms with Crippen LogP contribution in [0.2, 0.25) is 0 Å². The summed E-state index contributed by atoms with van der Waals surface area (Å²) in [6.45, 7) is 1.75. The normalized spacial score (nSPS) is 10.4. The van der Waals surface area contributed by atoms with E-state index in [0.29, 0.717) is 5.56 Å². The number of hydrogen-bond donors (Lipinski definition) is 1. The van der Waals surface area contributed by atoms with Crippen molar-refractivity contribution in [3.05, 3.63) is 41.6 Å². The maximum Gasteiger partial charge on any atom is 0.354 e. The van der Waals surface area contributed by atoms with Gasteiger partial charge in [0, 0.05) is 5.39 Å². The minimum atomic E-state index is -0.978. The van der Waals surface area contributed by atoms with Gasteiger partial charge in [0.15, 0.2) is 5.69 Å². The first-order chi connectivity index (χ1) is 6.68. The van der Waals surface area contributed by atoms with E-state index in [9.17, 15) is 4.79 Å². The molecule has 0 saturated carbocycles. The van der Waals surface area contributed by atoms with Gasteiger partial charge in [0.05, 0.1) is 5.52 Å². The van der Waals surface area contributed by atoms with Crippen LogP contribution in [0.1, 0.15) is 16.1 Å². The van der Waals surface area contributed by atoms with Crippen molar-refractivity contribution in [1.29, 1.82) is 0 Å². The molecule has 70 valence electrons. The summed E-state index contributed by atoms with van der Waals surface area (Å²) in [7, 11) is 0. The number of pyridine rings is 1. The van der Waals surface area contributed by atoms with Crippen LogP contribution in [0.3, 0.4) is 0 Å². The molecule has 0 spiro atoms. The Bertz CT molecular complexity index is 506. The zero-order valence-electron chi connectivity index (χ0n) is 7.69. The SMILES string of the molecule is Cc1cc2ccccc2nc1C(=O)O. The average Bonchev–Trinajstić information content (AvgIpc) is 2.16. The minimum Gasteiger partial charge on any atom is -0.477 e. The lowest BCUT2D eigenvalue weighted by molar-refractivity contribution is 0.0690. The average molecular weight is 187 g/mol. The highest BCUT2D eigenvalue weighted by Crippen LogP contribution is 2.15. The van der Waals surface area contributed by atoms with E-state index in [2.05, 4.69) is 4.98 Å². The van der Waals surface area contributed by atoms with Crippen LogP contribution in [0.15, 0.2) is 30.3 Å². The standard InChI is InChI=1S/C11H9NO2/c1-7-6-8-4-2-3-5-9(8)12-10(7)11(13)14/h2-6H,1H3,(H,13,14). The summed E-state index contributed by atoms with van der Waals surface area (Å²) in [5.41, 5.74) is 1.54. The second-order valence-corrected chi connectivity index (χ2v) is 3.15. The van der Waals surface area contributed by atoms with Crippen molar-refractivity contribution in [2.75, 3.05) is 0 Å². The van der Waals surface area contributed by atoms with Crippen molar-refractivity contribution in [3.63, 3.8) is 0 Å². The summed E-state index contributed by atoms with van der Waals surface area (Å²) < 4.78 is 0. The molecule has 3 nitrogen and oxygen atoms in total. The summed E-state index contributed by atoms with van der Waals surface area (Å²) in [6, 6.07) is 9.31. The highest BCUT2D eigenvalue weighted by molar-refractivity contribution is 5.91. The fraction of sp³-hybridized carbons (Fsp3) is 0.0909. The van der Waals surface area contributed by atoms with Crippen molar-refractivity contribution < 1.29 is 9.90 Å². The van der Waals surface area contributed by atoms with Gasteiger partial charge in [-0.15, -0.1) is 0 Å². The van der Waals surface area contributed by atoms with Crippen molar-refractivity contribution in [2.45, 2.75) is 6.92 Å². The molecule has 0 fully saturated rings. The van der Waals surface area contributed by atoms with Gasteiger partial charge >= 0.3 is 5.97 Å². The predicted molar refractivity (Wildman–Crippen MR) is 53.4 cm³/mol. The molecule has 0 atom stereocenters. The van der Waals surface area contributed by atoms with Crippen LogP contribution in [0.4, 0.5) is 0 Å².